The second kappa shape index (κ2) is 7.37. The zero-order valence-corrected chi connectivity index (χ0v) is 15.5. The highest BCUT2D eigenvalue weighted by molar-refractivity contribution is 7.12. The number of ketones is 1. The van der Waals surface area contributed by atoms with Gasteiger partial charge in [0.1, 0.15) is 5.75 Å². The molecule has 0 spiro atoms. The summed E-state index contributed by atoms with van der Waals surface area (Å²) in [5.74, 6) is 0.909. The van der Waals surface area contributed by atoms with Crippen LogP contribution in [0.15, 0.2) is 35.7 Å². The van der Waals surface area contributed by atoms with E-state index < -0.39 is 0 Å². The van der Waals surface area contributed by atoms with E-state index in [0.717, 1.165) is 21.9 Å². The summed E-state index contributed by atoms with van der Waals surface area (Å²) in [5, 5.41) is 2.00. The van der Waals surface area contributed by atoms with E-state index in [-0.39, 0.29) is 17.7 Å². The number of hydrogen-bond acceptors (Lipinski definition) is 5. The number of thiophene rings is 1. The molecule has 1 aliphatic rings. The van der Waals surface area contributed by atoms with E-state index in [0.29, 0.717) is 19.6 Å². The highest BCUT2D eigenvalue weighted by atomic mass is 32.1. The Morgan fingerprint density at radius 2 is 2.16 bits per heavy atom. The van der Waals surface area contributed by atoms with Crippen molar-refractivity contribution in [1.82, 2.24) is 4.90 Å². The maximum atomic E-state index is 12.6. The summed E-state index contributed by atoms with van der Waals surface area (Å²) in [6.45, 7) is 5.38. The summed E-state index contributed by atoms with van der Waals surface area (Å²) in [5.41, 5.74) is 1.95. The Balaban J connectivity index is 1.70. The Kier molecular flexibility index (Phi) is 5.20. The number of carbonyl (C=O) groups excluding carboxylic acids is 2. The van der Waals surface area contributed by atoms with Crippen molar-refractivity contribution in [1.29, 1.82) is 0 Å². The van der Waals surface area contributed by atoms with E-state index >= 15 is 0 Å². The summed E-state index contributed by atoms with van der Waals surface area (Å²) < 4.78 is 5.25. The van der Waals surface area contributed by atoms with Crippen LogP contribution >= 0.6 is 11.3 Å². The van der Waals surface area contributed by atoms with Crippen LogP contribution in [-0.2, 0) is 11.3 Å². The molecule has 0 bridgehead atoms. The second-order valence-electron chi connectivity index (χ2n) is 6.34. The highest BCUT2D eigenvalue weighted by Gasteiger charge is 2.30. The zero-order valence-electron chi connectivity index (χ0n) is 14.7. The van der Waals surface area contributed by atoms with Gasteiger partial charge in [-0.05, 0) is 43.0 Å². The van der Waals surface area contributed by atoms with Crippen molar-refractivity contribution in [2.24, 2.45) is 0 Å². The van der Waals surface area contributed by atoms with E-state index in [9.17, 15) is 9.59 Å². The first kappa shape index (κ1) is 17.6. The van der Waals surface area contributed by atoms with Crippen LogP contribution in [0.3, 0.4) is 0 Å². The Labute approximate surface area is 151 Å². The van der Waals surface area contributed by atoms with Gasteiger partial charge in [-0.3, -0.25) is 14.5 Å². The van der Waals surface area contributed by atoms with Gasteiger partial charge in [0.2, 0.25) is 5.91 Å². The molecule has 1 aromatic heterocycles. The Hall–Kier alpha value is -2.18. The molecule has 1 saturated heterocycles. The first-order chi connectivity index (χ1) is 12.0. The van der Waals surface area contributed by atoms with E-state index in [1.165, 1.54) is 11.3 Å². The molecule has 1 aromatic carbocycles. The minimum Gasteiger partial charge on any atom is -0.497 e. The normalized spacial score (nSPS) is 18.4. The van der Waals surface area contributed by atoms with Crippen LogP contribution in [0.2, 0.25) is 0 Å². The van der Waals surface area contributed by atoms with Crippen LogP contribution in [0.5, 0.6) is 5.75 Å². The molecule has 132 valence electrons. The fourth-order valence-corrected chi connectivity index (χ4v) is 3.82. The van der Waals surface area contributed by atoms with Crippen molar-refractivity contribution >= 4 is 28.7 Å². The van der Waals surface area contributed by atoms with Crippen LogP contribution < -0.4 is 9.64 Å². The van der Waals surface area contributed by atoms with E-state index in [1.807, 2.05) is 40.6 Å². The fraction of sp³-hybridized carbons (Fsp3) is 0.368. The number of piperazine rings is 1. The van der Waals surface area contributed by atoms with E-state index in [2.05, 4.69) is 11.8 Å². The molecule has 1 fully saturated rings. The third kappa shape index (κ3) is 3.91. The van der Waals surface area contributed by atoms with Gasteiger partial charge in [-0.25, -0.2) is 0 Å². The van der Waals surface area contributed by atoms with Crippen LogP contribution in [0.4, 0.5) is 5.69 Å². The quantitative estimate of drug-likeness (QED) is 0.770. The molecule has 25 heavy (non-hydrogen) atoms. The highest BCUT2D eigenvalue weighted by Crippen LogP contribution is 2.26. The van der Waals surface area contributed by atoms with Gasteiger partial charge in [0.05, 0.1) is 18.5 Å². The molecular formula is C19H22N2O3S. The van der Waals surface area contributed by atoms with Crippen LogP contribution in [-0.4, -0.2) is 42.8 Å². The van der Waals surface area contributed by atoms with Gasteiger partial charge in [0, 0.05) is 30.9 Å². The molecule has 0 aliphatic carbocycles. The van der Waals surface area contributed by atoms with Crippen molar-refractivity contribution in [3.8, 4) is 5.75 Å². The Morgan fingerprint density at radius 1 is 1.36 bits per heavy atom. The minimum absolute atomic E-state index is 0.0772. The maximum Gasteiger partial charge on any atom is 0.241 e. The van der Waals surface area contributed by atoms with Gasteiger partial charge in [-0.2, -0.15) is 0 Å². The number of methoxy groups -OCH3 is 1. The molecule has 0 saturated carbocycles. The van der Waals surface area contributed by atoms with Crippen LogP contribution in [0, 0.1) is 0 Å². The summed E-state index contributed by atoms with van der Waals surface area (Å²) in [4.78, 5) is 28.8. The number of nitrogens with zero attached hydrogens (tertiary/aromatic N) is 2. The minimum atomic E-state index is 0.0772. The zero-order chi connectivity index (χ0) is 18.0. The number of carbonyl (C=O) groups is 2. The third-order valence-corrected chi connectivity index (χ3v) is 5.54. The number of amides is 1. The first-order valence-electron chi connectivity index (χ1n) is 8.24. The molecule has 2 aromatic rings. The fourth-order valence-electron chi connectivity index (χ4n) is 3.01. The second-order valence-corrected chi connectivity index (χ2v) is 7.25. The van der Waals surface area contributed by atoms with Gasteiger partial charge in [0.25, 0.3) is 0 Å². The number of Topliss-reactive ketones (excluding diaryl/α,β-unsaturated/α-hetero) is 1. The van der Waals surface area contributed by atoms with Gasteiger partial charge >= 0.3 is 0 Å². The lowest BCUT2D eigenvalue weighted by Crippen LogP contribution is -2.54. The van der Waals surface area contributed by atoms with Crippen molar-refractivity contribution in [3.05, 3.63) is 46.2 Å². The average molecular weight is 358 g/mol. The topological polar surface area (TPSA) is 49.9 Å². The molecule has 2 heterocycles. The lowest BCUT2D eigenvalue weighted by molar-refractivity contribution is -0.122. The monoisotopic (exact) mass is 358 g/mol. The predicted octanol–water partition coefficient (Wildman–Crippen LogP) is 3.20. The number of benzene rings is 1. The summed E-state index contributed by atoms with van der Waals surface area (Å²) >= 11 is 1.46. The molecule has 1 amide bonds. The molecule has 1 aliphatic heterocycles. The molecule has 5 nitrogen and oxygen atoms in total. The van der Waals surface area contributed by atoms with E-state index in [1.54, 1.807) is 14.0 Å². The molecule has 1 atom stereocenters. The van der Waals surface area contributed by atoms with E-state index in [4.69, 9.17) is 4.74 Å². The lowest BCUT2D eigenvalue weighted by atomic mass is 10.1. The number of anilines is 1. The molecule has 0 radical (unpaired) electrons. The van der Waals surface area contributed by atoms with Gasteiger partial charge in [0.15, 0.2) is 5.78 Å². The van der Waals surface area contributed by atoms with Gasteiger partial charge in [-0.15, -0.1) is 11.3 Å². The van der Waals surface area contributed by atoms with Crippen LogP contribution in [0.25, 0.3) is 0 Å². The van der Waals surface area contributed by atoms with Gasteiger partial charge in [-0.1, -0.05) is 6.07 Å². The largest absolute Gasteiger partial charge is 0.497 e. The number of rotatable bonds is 5. The number of ether oxygens (including phenoxy) is 1. The lowest BCUT2D eigenvalue weighted by Gasteiger charge is -2.39. The first-order valence-corrected chi connectivity index (χ1v) is 9.12. The van der Waals surface area contributed by atoms with Crippen LogP contribution in [0.1, 0.15) is 29.1 Å². The third-order valence-electron chi connectivity index (χ3n) is 4.46. The predicted molar refractivity (Wildman–Crippen MR) is 99.5 cm³/mol. The number of hydrogen-bond donors (Lipinski definition) is 0. The molecule has 3 rings (SSSR count). The van der Waals surface area contributed by atoms with Gasteiger partial charge < -0.3 is 9.64 Å². The SMILES string of the molecule is COc1cccc(N2C[C@@H](C)N(Cc3csc(C(C)=O)c3)CC2=O)c1. The molecule has 0 unspecified atom stereocenters. The molecule has 0 N–H and O–H groups in total. The smallest absolute Gasteiger partial charge is 0.241 e. The summed E-state index contributed by atoms with van der Waals surface area (Å²) in [6.07, 6.45) is 0. The van der Waals surface area contributed by atoms with Crippen molar-refractivity contribution in [3.63, 3.8) is 0 Å². The maximum absolute atomic E-state index is 12.6. The van der Waals surface area contributed by atoms with Crippen molar-refractivity contribution in [2.45, 2.75) is 26.4 Å². The molecular weight excluding hydrogens is 336 g/mol. The van der Waals surface area contributed by atoms with Crippen molar-refractivity contribution in [2.75, 3.05) is 25.1 Å². The van der Waals surface area contributed by atoms with Crippen molar-refractivity contribution < 1.29 is 14.3 Å². The Bertz CT molecular complexity index is 786. The summed E-state index contributed by atoms with van der Waals surface area (Å²) in [7, 11) is 1.62. The summed E-state index contributed by atoms with van der Waals surface area (Å²) in [6, 6.07) is 9.74. The standard InChI is InChI=1S/C19H22N2O3S/c1-13-9-21(16-5-4-6-17(8-16)24-3)19(23)11-20(13)10-15-7-18(14(2)22)25-12-15/h4-8,12-13H,9-11H2,1-3H3/t13-/m1/s1. The average Bonchev–Trinajstić information content (AvgIpc) is 3.07. The molecule has 6 heteroatoms. The Morgan fingerprint density at radius 3 is 2.84 bits per heavy atom.